The smallest absolute Gasteiger partial charge is 0.290 e. The van der Waals surface area contributed by atoms with Gasteiger partial charge in [-0.25, -0.2) is 5.01 Å². The molecule has 0 N–H and O–H groups in total. The Morgan fingerprint density at radius 2 is 1.89 bits per heavy atom. The van der Waals surface area contributed by atoms with E-state index >= 15 is 0 Å². The van der Waals surface area contributed by atoms with Gasteiger partial charge in [0.2, 0.25) is 6.79 Å². The Bertz CT molecular complexity index is 1290. The Morgan fingerprint density at radius 1 is 1.08 bits per heavy atom. The molecule has 2 aliphatic heterocycles. The van der Waals surface area contributed by atoms with Crippen molar-refractivity contribution in [1.29, 1.82) is 0 Å². The van der Waals surface area contributed by atoms with Crippen molar-refractivity contribution in [3.63, 3.8) is 0 Å². The first-order valence-corrected chi connectivity index (χ1v) is 11.8. The van der Waals surface area contributed by atoms with Crippen molar-refractivity contribution >= 4 is 17.5 Å². The third kappa shape index (κ3) is 5.14. The molecule has 2 amide bonds. The van der Waals surface area contributed by atoms with Gasteiger partial charge in [-0.1, -0.05) is 6.07 Å². The Kier molecular flexibility index (Phi) is 7.09. The van der Waals surface area contributed by atoms with E-state index in [0.29, 0.717) is 17.9 Å². The highest BCUT2D eigenvalue weighted by atomic mass is 16.7. The van der Waals surface area contributed by atoms with Crippen LogP contribution in [0.15, 0.2) is 70.4 Å². The van der Waals surface area contributed by atoms with Gasteiger partial charge in [-0.2, -0.15) is 5.10 Å². The summed E-state index contributed by atoms with van der Waals surface area (Å²) in [5.41, 5.74) is 2.48. The summed E-state index contributed by atoms with van der Waals surface area (Å²) in [6.07, 6.45) is 1.91. The number of methoxy groups -OCH3 is 2. The lowest BCUT2D eigenvalue weighted by molar-refractivity contribution is -0.133. The monoisotopic (exact) mass is 505 g/mol. The van der Waals surface area contributed by atoms with E-state index in [9.17, 15) is 9.59 Å². The predicted octanol–water partition coefficient (Wildman–Crippen LogP) is 3.48. The van der Waals surface area contributed by atoms with Crippen molar-refractivity contribution in [3.05, 3.63) is 77.7 Å². The molecular weight excluding hydrogens is 478 g/mol. The minimum atomic E-state index is -0.395. The summed E-state index contributed by atoms with van der Waals surface area (Å²) >= 11 is 0. The van der Waals surface area contributed by atoms with Crippen molar-refractivity contribution in [2.75, 3.05) is 40.7 Å². The molecule has 0 saturated carbocycles. The van der Waals surface area contributed by atoms with E-state index in [2.05, 4.69) is 0 Å². The molecule has 0 aliphatic carbocycles. The number of nitrogens with zero attached hydrogens (tertiary/aromatic N) is 3. The third-order valence-electron chi connectivity index (χ3n) is 6.28. The van der Waals surface area contributed by atoms with E-state index in [4.69, 9.17) is 28.5 Å². The molecule has 2 aliphatic rings. The Balaban J connectivity index is 1.44. The summed E-state index contributed by atoms with van der Waals surface area (Å²) in [6, 6.07) is 15.9. The van der Waals surface area contributed by atoms with E-state index in [1.54, 1.807) is 26.4 Å². The molecule has 37 heavy (non-hydrogen) atoms. The summed E-state index contributed by atoms with van der Waals surface area (Å²) in [5, 5.41) is 6.17. The van der Waals surface area contributed by atoms with Gasteiger partial charge in [0.25, 0.3) is 11.8 Å². The minimum absolute atomic E-state index is 0.153. The number of amides is 2. The summed E-state index contributed by atoms with van der Waals surface area (Å²) in [4.78, 5) is 28.1. The van der Waals surface area contributed by atoms with Crippen LogP contribution in [0.1, 0.15) is 34.1 Å². The second-order valence-corrected chi connectivity index (χ2v) is 8.54. The fourth-order valence-electron chi connectivity index (χ4n) is 4.32. The van der Waals surface area contributed by atoms with Crippen LogP contribution in [0.5, 0.6) is 17.2 Å². The Labute approximate surface area is 214 Å². The first-order valence-electron chi connectivity index (χ1n) is 11.8. The van der Waals surface area contributed by atoms with Gasteiger partial charge >= 0.3 is 0 Å². The molecule has 0 saturated heterocycles. The van der Waals surface area contributed by atoms with Crippen LogP contribution in [-0.2, 0) is 9.53 Å². The predicted molar refractivity (Wildman–Crippen MR) is 133 cm³/mol. The molecule has 0 fully saturated rings. The molecule has 0 radical (unpaired) electrons. The summed E-state index contributed by atoms with van der Waals surface area (Å²) in [5.74, 6) is 1.44. The van der Waals surface area contributed by atoms with Crippen molar-refractivity contribution < 1.29 is 33.0 Å². The molecule has 1 aromatic heterocycles. The highest BCUT2D eigenvalue weighted by Gasteiger charge is 2.35. The second kappa shape index (κ2) is 10.8. The van der Waals surface area contributed by atoms with Gasteiger partial charge < -0.3 is 28.3 Å². The first-order chi connectivity index (χ1) is 18.1. The topological polar surface area (TPSA) is 103 Å². The number of ether oxygens (including phenoxy) is 4. The van der Waals surface area contributed by atoms with Gasteiger partial charge in [0, 0.05) is 20.1 Å². The number of carbonyl (C=O) groups is 2. The zero-order valence-electron chi connectivity index (χ0n) is 20.6. The Hall–Kier alpha value is -4.31. The molecule has 0 spiro atoms. The number of benzene rings is 2. The molecule has 0 unspecified atom stereocenters. The van der Waals surface area contributed by atoms with Crippen LogP contribution in [0, 0.1) is 0 Å². The van der Waals surface area contributed by atoms with Gasteiger partial charge in [0.1, 0.15) is 12.3 Å². The van der Waals surface area contributed by atoms with Crippen molar-refractivity contribution in [2.45, 2.75) is 12.5 Å². The van der Waals surface area contributed by atoms with Crippen molar-refractivity contribution in [1.82, 2.24) is 9.91 Å². The van der Waals surface area contributed by atoms with E-state index in [0.717, 1.165) is 22.6 Å². The van der Waals surface area contributed by atoms with Gasteiger partial charge in [-0.05, 0) is 59.7 Å². The zero-order chi connectivity index (χ0) is 25.8. The van der Waals surface area contributed by atoms with Crippen LogP contribution in [0.2, 0.25) is 0 Å². The maximum Gasteiger partial charge on any atom is 0.290 e. The van der Waals surface area contributed by atoms with E-state index in [1.807, 2.05) is 42.5 Å². The molecule has 3 aromatic rings. The molecular formula is C27H27N3O7. The molecule has 5 rings (SSSR count). The molecule has 10 nitrogen and oxygen atoms in total. The van der Waals surface area contributed by atoms with Crippen LogP contribution in [-0.4, -0.2) is 68.1 Å². The molecule has 3 heterocycles. The number of rotatable bonds is 9. The van der Waals surface area contributed by atoms with Gasteiger partial charge in [-0.3, -0.25) is 9.59 Å². The van der Waals surface area contributed by atoms with Crippen LogP contribution in [0.25, 0.3) is 0 Å². The van der Waals surface area contributed by atoms with Crippen LogP contribution in [0.4, 0.5) is 0 Å². The maximum absolute atomic E-state index is 13.7. The lowest BCUT2D eigenvalue weighted by Crippen LogP contribution is -2.42. The second-order valence-electron chi connectivity index (χ2n) is 8.54. The highest BCUT2D eigenvalue weighted by molar-refractivity contribution is 6.03. The van der Waals surface area contributed by atoms with Crippen molar-refractivity contribution in [3.8, 4) is 17.2 Å². The summed E-state index contributed by atoms with van der Waals surface area (Å²) < 4.78 is 26.7. The Morgan fingerprint density at radius 3 is 2.62 bits per heavy atom. The largest absolute Gasteiger partial charge is 0.497 e. The normalized spacial score (nSPS) is 16.0. The number of furan rings is 1. The summed E-state index contributed by atoms with van der Waals surface area (Å²) in [7, 11) is 3.15. The van der Waals surface area contributed by atoms with E-state index in [-0.39, 0.29) is 44.2 Å². The maximum atomic E-state index is 13.7. The number of fused-ring (bicyclic) bond motifs is 1. The quantitative estimate of drug-likeness (QED) is 0.439. The molecule has 1 atom stereocenters. The SMILES string of the molecule is COCCN(CC(=O)N1N=C(c2ccc(OC)cc2)C[C@H]1c1ccc2c(c1)OCO2)C(=O)c1ccco1. The fourth-order valence-corrected chi connectivity index (χ4v) is 4.32. The van der Waals surface area contributed by atoms with E-state index in [1.165, 1.54) is 16.2 Å². The summed E-state index contributed by atoms with van der Waals surface area (Å²) in [6.45, 7) is 0.456. The number of hydrogen-bond donors (Lipinski definition) is 0. The molecule has 2 aromatic carbocycles. The average Bonchev–Trinajstić information content (AvgIpc) is 3.71. The van der Waals surface area contributed by atoms with Crippen LogP contribution in [0.3, 0.4) is 0 Å². The molecule has 0 bridgehead atoms. The van der Waals surface area contributed by atoms with Crippen LogP contribution < -0.4 is 14.2 Å². The highest BCUT2D eigenvalue weighted by Crippen LogP contribution is 2.39. The lowest BCUT2D eigenvalue weighted by Gasteiger charge is -2.26. The fraction of sp³-hybridized carbons (Fsp3) is 0.296. The average molecular weight is 506 g/mol. The number of carbonyl (C=O) groups excluding carboxylic acids is 2. The zero-order valence-corrected chi connectivity index (χ0v) is 20.6. The van der Waals surface area contributed by atoms with Crippen molar-refractivity contribution in [2.24, 2.45) is 5.10 Å². The minimum Gasteiger partial charge on any atom is -0.497 e. The molecule has 192 valence electrons. The van der Waals surface area contributed by atoms with Gasteiger partial charge in [0.15, 0.2) is 17.3 Å². The lowest BCUT2D eigenvalue weighted by atomic mass is 9.98. The first kappa shape index (κ1) is 24.4. The van der Waals surface area contributed by atoms with Gasteiger partial charge in [0.05, 0.1) is 31.7 Å². The van der Waals surface area contributed by atoms with Crippen LogP contribution >= 0.6 is 0 Å². The number of hydrazone groups is 1. The van der Waals surface area contributed by atoms with Gasteiger partial charge in [-0.15, -0.1) is 0 Å². The molecule has 10 heteroatoms. The van der Waals surface area contributed by atoms with E-state index < -0.39 is 5.91 Å². The standard InChI is InChI=1S/C27H27N3O7/c1-33-13-11-29(27(32)24-4-3-12-35-24)16-26(31)30-22(19-7-10-23-25(14-19)37-17-36-23)15-21(28-30)18-5-8-20(34-2)9-6-18/h3-10,12,14,22H,11,13,15-17H2,1-2H3/t22-/m0/s1. The number of hydrogen-bond acceptors (Lipinski definition) is 8. The third-order valence-corrected chi connectivity index (χ3v) is 6.28.